The van der Waals surface area contributed by atoms with Gasteiger partial charge in [-0.3, -0.25) is 9.59 Å². The van der Waals surface area contributed by atoms with E-state index in [0.29, 0.717) is 37.7 Å². The maximum Gasteiger partial charge on any atom is 0.254 e. The molecule has 3 aromatic carbocycles. The molecule has 4 rings (SSSR count). The Morgan fingerprint density at radius 3 is 1.97 bits per heavy atom. The largest absolute Gasteiger partial charge is 0.335 e. The third kappa shape index (κ3) is 3.88. The second-order valence-electron chi connectivity index (χ2n) is 7.89. The van der Waals surface area contributed by atoms with Gasteiger partial charge >= 0.3 is 0 Å². The number of amides is 2. The molecule has 1 aliphatic heterocycles. The molecule has 0 N–H and O–H groups in total. The van der Waals surface area contributed by atoms with Crippen LogP contribution in [0.4, 0.5) is 0 Å². The molecule has 1 saturated heterocycles. The first-order valence-electron chi connectivity index (χ1n) is 10.2. The van der Waals surface area contributed by atoms with Gasteiger partial charge in [0.05, 0.1) is 0 Å². The van der Waals surface area contributed by atoms with Crippen molar-refractivity contribution in [3.63, 3.8) is 0 Å². The topological polar surface area (TPSA) is 40.6 Å². The molecule has 0 spiro atoms. The number of hydrogen-bond donors (Lipinski definition) is 0. The third-order valence-corrected chi connectivity index (χ3v) is 5.70. The predicted molar refractivity (Wildman–Crippen MR) is 116 cm³/mol. The quantitative estimate of drug-likeness (QED) is 0.662. The van der Waals surface area contributed by atoms with E-state index in [-0.39, 0.29) is 11.8 Å². The SMILES string of the molecule is CC(C)c1ccc(C(=O)N2CCN(C(=O)c3cccc4ccccc34)CC2)cc1. The molecule has 0 aromatic heterocycles. The van der Waals surface area contributed by atoms with Crippen LogP contribution in [-0.2, 0) is 0 Å². The van der Waals surface area contributed by atoms with Crippen LogP contribution in [0, 0.1) is 0 Å². The number of fused-ring (bicyclic) bond motifs is 1. The van der Waals surface area contributed by atoms with Crippen LogP contribution in [0.2, 0.25) is 0 Å². The second-order valence-corrected chi connectivity index (χ2v) is 7.89. The first-order valence-corrected chi connectivity index (χ1v) is 10.2. The Kier molecular flexibility index (Phi) is 5.34. The van der Waals surface area contributed by atoms with Crippen molar-refractivity contribution >= 4 is 22.6 Å². The molecule has 2 amide bonds. The van der Waals surface area contributed by atoms with Crippen LogP contribution in [0.25, 0.3) is 10.8 Å². The lowest BCUT2D eigenvalue weighted by Gasteiger charge is -2.35. The highest BCUT2D eigenvalue weighted by molar-refractivity contribution is 6.07. The summed E-state index contributed by atoms with van der Waals surface area (Å²) in [6, 6.07) is 21.7. The third-order valence-electron chi connectivity index (χ3n) is 5.70. The molecular weight excluding hydrogens is 360 g/mol. The summed E-state index contributed by atoms with van der Waals surface area (Å²) in [7, 11) is 0. The van der Waals surface area contributed by atoms with Crippen molar-refractivity contribution < 1.29 is 9.59 Å². The van der Waals surface area contributed by atoms with Crippen molar-refractivity contribution in [1.29, 1.82) is 0 Å². The van der Waals surface area contributed by atoms with Crippen LogP contribution in [0.5, 0.6) is 0 Å². The number of carbonyl (C=O) groups is 2. The molecule has 148 valence electrons. The van der Waals surface area contributed by atoms with E-state index in [4.69, 9.17) is 0 Å². The number of rotatable bonds is 3. The van der Waals surface area contributed by atoms with Gasteiger partial charge in [0, 0.05) is 37.3 Å². The molecule has 0 unspecified atom stereocenters. The maximum absolute atomic E-state index is 13.1. The van der Waals surface area contributed by atoms with Crippen LogP contribution < -0.4 is 0 Å². The highest BCUT2D eigenvalue weighted by atomic mass is 16.2. The van der Waals surface area contributed by atoms with Crippen LogP contribution >= 0.6 is 0 Å². The molecule has 0 atom stereocenters. The van der Waals surface area contributed by atoms with Gasteiger partial charge in [-0.25, -0.2) is 0 Å². The fourth-order valence-corrected chi connectivity index (χ4v) is 3.89. The Labute approximate surface area is 171 Å². The number of benzene rings is 3. The van der Waals surface area contributed by atoms with Gasteiger partial charge in [-0.2, -0.15) is 0 Å². The molecule has 4 nitrogen and oxygen atoms in total. The molecule has 1 fully saturated rings. The van der Waals surface area contributed by atoms with Crippen molar-refractivity contribution in [3.8, 4) is 0 Å². The van der Waals surface area contributed by atoms with Crippen LogP contribution in [0.1, 0.15) is 46.0 Å². The normalized spacial score (nSPS) is 14.4. The minimum absolute atomic E-state index is 0.0372. The number of carbonyl (C=O) groups excluding carboxylic acids is 2. The average Bonchev–Trinajstić information content (AvgIpc) is 2.78. The van der Waals surface area contributed by atoms with E-state index in [1.165, 1.54) is 5.56 Å². The van der Waals surface area contributed by atoms with E-state index in [1.54, 1.807) is 0 Å². The van der Waals surface area contributed by atoms with Crippen LogP contribution in [0.3, 0.4) is 0 Å². The Bertz CT molecular complexity index is 1030. The zero-order chi connectivity index (χ0) is 20.4. The summed E-state index contributed by atoms with van der Waals surface area (Å²) in [4.78, 5) is 29.6. The van der Waals surface area contributed by atoms with Gasteiger partial charge in [0.2, 0.25) is 0 Å². The van der Waals surface area contributed by atoms with E-state index in [9.17, 15) is 9.59 Å². The highest BCUT2D eigenvalue weighted by Gasteiger charge is 2.26. The molecule has 3 aromatic rings. The molecule has 4 heteroatoms. The first-order chi connectivity index (χ1) is 14.0. The van der Waals surface area contributed by atoms with Crippen LogP contribution in [-0.4, -0.2) is 47.8 Å². The Balaban J connectivity index is 1.43. The fourth-order valence-electron chi connectivity index (χ4n) is 3.89. The molecule has 0 bridgehead atoms. The van der Waals surface area contributed by atoms with Gasteiger partial charge in [-0.05, 0) is 40.5 Å². The smallest absolute Gasteiger partial charge is 0.254 e. The Morgan fingerprint density at radius 2 is 1.31 bits per heavy atom. The lowest BCUT2D eigenvalue weighted by atomic mass is 10.0. The van der Waals surface area contributed by atoms with Crippen LogP contribution in [0.15, 0.2) is 66.7 Å². The minimum atomic E-state index is 0.0372. The average molecular weight is 386 g/mol. The molecule has 0 radical (unpaired) electrons. The summed E-state index contributed by atoms with van der Waals surface area (Å²) in [5.41, 5.74) is 2.67. The van der Waals surface area contributed by atoms with E-state index in [1.807, 2.05) is 76.5 Å². The molecule has 0 saturated carbocycles. The second kappa shape index (κ2) is 8.08. The minimum Gasteiger partial charge on any atom is -0.335 e. The lowest BCUT2D eigenvalue weighted by molar-refractivity contribution is 0.0536. The first kappa shape index (κ1) is 19.2. The van der Waals surface area contributed by atoms with Gasteiger partial charge in [-0.15, -0.1) is 0 Å². The Morgan fingerprint density at radius 1 is 0.724 bits per heavy atom. The molecule has 1 aliphatic rings. The molecular formula is C25H26N2O2. The molecule has 29 heavy (non-hydrogen) atoms. The van der Waals surface area contributed by atoms with Gasteiger partial charge in [0.15, 0.2) is 0 Å². The zero-order valence-electron chi connectivity index (χ0n) is 17.0. The van der Waals surface area contributed by atoms with Crippen molar-refractivity contribution in [2.75, 3.05) is 26.2 Å². The van der Waals surface area contributed by atoms with Gasteiger partial charge < -0.3 is 9.80 Å². The number of piperazine rings is 1. The number of nitrogens with zero attached hydrogens (tertiary/aromatic N) is 2. The van der Waals surface area contributed by atoms with E-state index >= 15 is 0 Å². The summed E-state index contributed by atoms with van der Waals surface area (Å²) in [5.74, 6) is 0.524. The Hall–Kier alpha value is -3.14. The maximum atomic E-state index is 13.1. The molecule has 0 aliphatic carbocycles. The number of hydrogen-bond acceptors (Lipinski definition) is 2. The summed E-state index contributed by atoms with van der Waals surface area (Å²) in [6.07, 6.45) is 0. The van der Waals surface area contributed by atoms with E-state index in [2.05, 4.69) is 13.8 Å². The van der Waals surface area contributed by atoms with Crippen molar-refractivity contribution in [2.45, 2.75) is 19.8 Å². The molecule has 1 heterocycles. The summed E-state index contributed by atoms with van der Waals surface area (Å²) >= 11 is 0. The van der Waals surface area contributed by atoms with Crippen molar-refractivity contribution in [3.05, 3.63) is 83.4 Å². The van der Waals surface area contributed by atoms with E-state index in [0.717, 1.165) is 16.3 Å². The van der Waals surface area contributed by atoms with Crippen molar-refractivity contribution in [1.82, 2.24) is 9.80 Å². The van der Waals surface area contributed by atoms with E-state index < -0.39 is 0 Å². The zero-order valence-corrected chi connectivity index (χ0v) is 17.0. The predicted octanol–water partition coefficient (Wildman–Crippen LogP) is 4.56. The lowest BCUT2D eigenvalue weighted by Crippen LogP contribution is -2.50. The summed E-state index contributed by atoms with van der Waals surface area (Å²) in [6.45, 7) is 6.50. The van der Waals surface area contributed by atoms with Gasteiger partial charge in [-0.1, -0.05) is 62.4 Å². The van der Waals surface area contributed by atoms with Crippen molar-refractivity contribution in [2.24, 2.45) is 0 Å². The monoisotopic (exact) mass is 386 g/mol. The van der Waals surface area contributed by atoms with Gasteiger partial charge in [0.1, 0.15) is 0 Å². The fraction of sp³-hybridized carbons (Fsp3) is 0.280. The standard InChI is InChI=1S/C25H26N2O2/c1-18(2)19-10-12-21(13-11-19)24(28)26-14-16-27(17-15-26)25(29)23-9-5-7-20-6-3-4-8-22(20)23/h3-13,18H,14-17H2,1-2H3. The summed E-state index contributed by atoms with van der Waals surface area (Å²) in [5, 5.41) is 2.04. The highest BCUT2D eigenvalue weighted by Crippen LogP contribution is 2.21. The van der Waals surface area contributed by atoms with Gasteiger partial charge in [0.25, 0.3) is 11.8 Å². The summed E-state index contributed by atoms with van der Waals surface area (Å²) < 4.78 is 0.